The van der Waals surface area contributed by atoms with E-state index in [1.807, 2.05) is 6.07 Å². The standard InChI is InChI=1S/C9H4N3O2/c10-4-5-1-2-6-7(3-5)12-9(14)8(13)11-6/h1-3H,(H,11,13). The Hall–Kier alpha value is -2.35. The molecule has 0 aromatic heterocycles. The number of hydrogen-bond acceptors (Lipinski definition) is 3. The van der Waals surface area contributed by atoms with Crippen molar-refractivity contribution in [1.29, 1.82) is 5.26 Å². The maximum absolute atomic E-state index is 10.9. The number of carbonyl (C=O) groups excluding carboxylic acids is 2. The van der Waals surface area contributed by atoms with E-state index in [-0.39, 0.29) is 0 Å². The smallest absolute Gasteiger partial charge is 0.316 e. The van der Waals surface area contributed by atoms with Crippen molar-refractivity contribution in [2.45, 2.75) is 0 Å². The van der Waals surface area contributed by atoms with E-state index in [1.54, 1.807) is 12.1 Å². The second-order valence-corrected chi connectivity index (χ2v) is 2.71. The zero-order valence-corrected chi connectivity index (χ0v) is 6.94. The number of benzene rings is 1. The molecule has 0 atom stereocenters. The largest absolute Gasteiger partial charge is 0.335 e. The molecule has 0 bridgehead atoms. The van der Waals surface area contributed by atoms with E-state index in [2.05, 4.69) is 10.6 Å². The van der Waals surface area contributed by atoms with E-state index in [9.17, 15) is 9.59 Å². The Kier molecular flexibility index (Phi) is 1.68. The van der Waals surface area contributed by atoms with Gasteiger partial charge in [0, 0.05) is 0 Å². The van der Waals surface area contributed by atoms with Gasteiger partial charge in [-0.05, 0) is 18.2 Å². The molecule has 1 aromatic rings. The SMILES string of the molecule is N#Cc1ccc2c(c1)[N]C(=O)C(=O)N2. The van der Waals surface area contributed by atoms with Crippen molar-refractivity contribution in [2.24, 2.45) is 0 Å². The van der Waals surface area contributed by atoms with Crippen molar-refractivity contribution in [3.05, 3.63) is 23.8 Å². The highest BCUT2D eigenvalue weighted by Crippen LogP contribution is 2.25. The molecule has 5 heteroatoms. The second kappa shape index (κ2) is 2.85. The number of amides is 2. The van der Waals surface area contributed by atoms with Gasteiger partial charge in [-0.3, -0.25) is 9.59 Å². The number of nitrogens with zero attached hydrogens (tertiary/aromatic N) is 2. The van der Waals surface area contributed by atoms with Crippen LogP contribution in [0.25, 0.3) is 0 Å². The molecule has 2 rings (SSSR count). The summed E-state index contributed by atoms with van der Waals surface area (Å²) in [7, 11) is 0. The van der Waals surface area contributed by atoms with Gasteiger partial charge in [0.15, 0.2) is 0 Å². The van der Waals surface area contributed by atoms with Crippen LogP contribution in [0.2, 0.25) is 0 Å². The van der Waals surface area contributed by atoms with E-state index >= 15 is 0 Å². The summed E-state index contributed by atoms with van der Waals surface area (Å²) in [6.07, 6.45) is 0. The van der Waals surface area contributed by atoms with Crippen LogP contribution in [0.4, 0.5) is 11.4 Å². The topological polar surface area (TPSA) is 84.1 Å². The summed E-state index contributed by atoms with van der Waals surface area (Å²) >= 11 is 0. The highest BCUT2D eigenvalue weighted by Gasteiger charge is 2.24. The third-order valence-corrected chi connectivity index (χ3v) is 1.79. The van der Waals surface area contributed by atoms with Gasteiger partial charge in [-0.25, -0.2) is 5.32 Å². The first-order chi connectivity index (χ1) is 6.70. The van der Waals surface area contributed by atoms with Crippen LogP contribution in [-0.2, 0) is 9.59 Å². The number of carbonyl (C=O) groups is 2. The maximum atomic E-state index is 10.9. The first-order valence-corrected chi connectivity index (χ1v) is 3.82. The Bertz CT molecular complexity index is 473. The fourth-order valence-electron chi connectivity index (χ4n) is 1.14. The highest BCUT2D eigenvalue weighted by molar-refractivity contribution is 6.42. The lowest BCUT2D eigenvalue weighted by Crippen LogP contribution is -2.33. The van der Waals surface area contributed by atoms with Crippen LogP contribution in [0.3, 0.4) is 0 Å². The molecule has 2 amide bonds. The summed E-state index contributed by atoms with van der Waals surface area (Å²) < 4.78 is 0. The molecule has 0 aliphatic carbocycles. The lowest BCUT2D eigenvalue weighted by molar-refractivity contribution is -0.135. The Morgan fingerprint density at radius 1 is 1.36 bits per heavy atom. The summed E-state index contributed by atoms with van der Waals surface area (Å²) in [6.45, 7) is 0. The summed E-state index contributed by atoms with van der Waals surface area (Å²) in [4.78, 5) is 21.8. The lowest BCUT2D eigenvalue weighted by Gasteiger charge is -2.14. The molecule has 1 N–H and O–H groups in total. The van der Waals surface area contributed by atoms with E-state index in [1.165, 1.54) is 6.07 Å². The van der Waals surface area contributed by atoms with Crippen molar-refractivity contribution in [3.63, 3.8) is 0 Å². The molecule has 0 spiro atoms. The number of hydrogen-bond donors (Lipinski definition) is 1. The molecule has 1 radical (unpaired) electrons. The number of rotatable bonds is 0. The van der Waals surface area contributed by atoms with E-state index < -0.39 is 11.8 Å². The molecule has 0 unspecified atom stereocenters. The van der Waals surface area contributed by atoms with E-state index in [4.69, 9.17) is 5.26 Å². The van der Waals surface area contributed by atoms with Gasteiger partial charge in [0.2, 0.25) is 0 Å². The van der Waals surface area contributed by atoms with Gasteiger partial charge in [0.1, 0.15) is 0 Å². The molecule has 1 aromatic carbocycles. The Morgan fingerprint density at radius 2 is 2.14 bits per heavy atom. The quantitative estimate of drug-likeness (QED) is 0.590. The van der Waals surface area contributed by atoms with E-state index in [0.29, 0.717) is 16.9 Å². The fraction of sp³-hybridized carbons (Fsp3) is 0. The van der Waals surface area contributed by atoms with Crippen LogP contribution in [-0.4, -0.2) is 11.8 Å². The summed E-state index contributed by atoms with van der Waals surface area (Å²) in [5.41, 5.74) is 1.18. The molecule has 0 saturated carbocycles. The van der Waals surface area contributed by atoms with Gasteiger partial charge >= 0.3 is 11.8 Å². The minimum Gasteiger partial charge on any atom is -0.316 e. The summed E-state index contributed by atoms with van der Waals surface area (Å²) in [5, 5.41) is 14.5. The lowest BCUT2D eigenvalue weighted by atomic mass is 10.1. The summed E-state index contributed by atoms with van der Waals surface area (Å²) in [5.74, 6) is -1.59. The minimum absolute atomic E-state index is 0.327. The van der Waals surface area contributed by atoms with Crippen LogP contribution < -0.4 is 10.6 Å². The predicted molar refractivity (Wildman–Crippen MR) is 46.6 cm³/mol. The van der Waals surface area contributed by atoms with E-state index in [0.717, 1.165) is 0 Å². The minimum atomic E-state index is -0.840. The molecule has 1 heterocycles. The number of fused-ring (bicyclic) bond motifs is 1. The average molecular weight is 186 g/mol. The molecule has 0 fully saturated rings. The van der Waals surface area contributed by atoms with Crippen molar-refractivity contribution in [1.82, 2.24) is 5.32 Å². The van der Waals surface area contributed by atoms with Crippen LogP contribution in [0.1, 0.15) is 5.56 Å². The summed E-state index contributed by atoms with van der Waals surface area (Å²) in [6, 6.07) is 6.46. The van der Waals surface area contributed by atoms with Gasteiger partial charge in [-0.2, -0.15) is 5.26 Å². The molecular formula is C9H4N3O2. The average Bonchev–Trinajstić information content (AvgIpc) is 2.19. The Balaban J connectivity index is 2.49. The van der Waals surface area contributed by atoms with Crippen molar-refractivity contribution < 1.29 is 9.59 Å². The van der Waals surface area contributed by atoms with Gasteiger partial charge < -0.3 is 5.32 Å². The first kappa shape index (κ1) is 8.26. The molecule has 5 nitrogen and oxygen atoms in total. The Morgan fingerprint density at radius 3 is 2.86 bits per heavy atom. The monoisotopic (exact) mass is 186 g/mol. The van der Waals surface area contributed by atoms with Crippen molar-refractivity contribution in [3.8, 4) is 6.07 Å². The first-order valence-electron chi connectivity index (χ1n) is 3.82. The zero-order chi connectivity index (χ0) is 10.1. The third-order valence-electron chi connectivity index (χ3n) is 1.79. The van der Waals surface area contributed by atoms with Crippen molar-refractivity contribution in [2.75, 3.05) is 5.32 Å². The number of nitrogens with one attached hydrogen (secondary N) is 1. The van der Waals surface area contributed by atoms with Crippen molar-refractivity contribution >= 4 is 23.2 Å². The van der Waals surface area contributed by atoms with Crippen LogP contribution >= 0.6 is 0 Å². The van der Waals surface area contributed by atoms with Gasteiger partial charge in [0.05, 0.1) is 23.0 Å². The molecule has 1 aliphatic rings. The van der Waals surface area contributed by atoms with Gasteiger partial charge in [-0.1, -0.05) is 0 Å². The molecular weight excluding hydrogens is 182 g/mol. The number of nitriles is 1. The molecule has 1 aliphatic heterocycles. The van der Waals surface area contributed by atoms with Crippen LogP contribution in [0, 0.1) is 11.3 Å². The predicted octanol–water partition coefficient (Wildman–Crippen LogP) is 0.273. The normalized spacial score (nSPS) is 13.6. The van der Waals surface area contributed by atoms with Crippen LogP contribution in [0.15, 0.2) is 18.2 Å². The molecule has 0 saturated heterocycles. The van der Waals surface area contributed by atoms with Gasteiger partial charge in [-0.15, -0.1) is 0 Å². The molecule has 67 valence electrons. The number of anilines is 1. The van der Waals surface area contributed by atoms with Gasteiger partial charge in [0.25, 0.3) is 0 Å². The Labute approximate surface area is 79.3 Å². The maximum Gasteiger partial charge on any atom is 0.335 e. The fourth-order valence-corrected chi connectivity index (χ4v) is 1.14. The highest BCUT2D eigenvalue weighted by atomic mass is 16.2. The second-order valence-electron chi connectivity index (χ2n) is 2.71. The van der Waals surface area contributed by atoms with Crippen LogP contribution in [0.5, 0.6) is 0 Å². The third kappa shape index (κ3) is 1.19. The zero-order valence-electron chi connectivity index (χ0n) is 6.94. The molecule has 14 heavy (non-hydrogen) atoms.